The van der Waals surface area contributed by atoms with E-state index >= 15 is 0 Å². The number of hydrogen-bond donors (Lipinski definition) is 1. The zero-order valence-electron chi connectivity index (χ0n) is 12.9. The van der Waals surface area contributed by atoms with Crippen LogP contribution in [0.5, 0.6) is 0 Å². The van der Waals surface area contributed by atoms with Gasteiger partial charge in [0.2, 0.25) is 0 Å². The predicted octanol–water partition coefficient (Wildman–Crippen LogP) is 1.68. The van der Waals surface area contributed by atoms with Crippen molar-refractivity contribution in [2.45, 2.75) is 32.7 Å². The molecule has 0 saturated carbocycles. The molecule has 0 aliphatic heterocycles. The second-order valence-electron chi connectivity index (χ2n) is 4.98. The van der Waals surface area contributed by atoms with Crippen molar-refractivity contribution in [3.8, 4) is 11.8 Å². The highest BCUT2D eigenvalue weighted by atomic mass is 79.9. The molecule has 0 aliphatic rings. The monoisotopic (exact) mass is 370 g/mol. The van der Waals surface area contributed by atoms with Crippen LogP contribution < -0.4 is 5.73 Å². The molecule has 0 aliphatic carbocycles. The number of halogens is 1. The molecule has 0 saturated heterocycles. The third-order valence-electron chi connectivity index (χ3n) is 3.36. The molecule has 7 nitrogen and oxygen atoms in total. The first kappa shape index (κ1) is 20.0. The van der Waals surface area contributed by atoms with Gasteiger partial charge >= 0.3 is 5.82 Å². The Labute approximate surface area is 139 Å². The van der Waals surface area contributed by atoms with Crippen LogP contribution in [0.3, 0.4) is 0 Å². The fourth-order valence-electron chi connectivity index (χ4n) is 1.86. The zero-order chi connectivity index (χ0) is 16.2. The van der Waals surface area contributed by atoms with E-state index in [4.69, 9.17) is 5.73 Å². The van der Waals surface area contributed by atoms with E-state index in [1.807, 2.05) is 0 Å². The van der Waals surface area contributed by atoms with Crippen molar-refractivity contribution in [1.82, 2.24) is 9.55 Å². The fraction of sp³-hybridized carbons (Fsp3) is 0.429. The molecule has 0 fully saturated rings. The first-order valence-corrected chi connectivity index (χ1v) is 6.28. The maximum absolute atomic E-state index is 11.1. The maximum atomic E-state index is 11.1. The van der Waals surface area contributed by atoms with Gasteiger partial charge in [-0.1, -0.05) is 11.5 Å². The molecule has 1 rings (SSSR count). The van der Waals surface area contributed by atoms with E-state index < -0.39 is 10.5 Å². The lowest BCUT2D eigenvalue weighted by atomic mass is 9.88. The van der Waals surface area contributed by atoms with Gasteiger partial charge in [0.15, 0.2) is 0 Å². The highest BCUT2D eigenvalue weighted by molar-refractivity contribution is 8.93. The molecule has 0 spiro atoms. The number of nitrogens with two attached hydrogens (primary N) is 1. The summed E-state index contributed by atoms with van der Waals surface area (Å²) in [4.78, 5) is 25.1. The molecule has 0 amide bonds. The lowest BCUT2D eigenvalue weighted by Crippen LogP contribution is -2.40. The number of nitro groups is 1. The number of imidazole rings is 1. The molecule has 0 aromatic carbocycles. The molecule has 8 heteroatoms. The summed E-state index contributed by atoms with van der Waals surface area (Å²) >= 11 is 0. The minimum Gasteiger partial charge on any atom is -0.358 e. The van der Waals surface area contributed by atoms with Gasteiger partial charge in [0, 0.05) is 19.0 Å². The van der Waals surface area contributed by atoms with E-state index in [2.05, 4.69) is 16.8 Å². The summed E-state index contributed by atoms with van der Waals surface area (Å²) in [6, 6.07) is 0. The van der Waals surface area contributed by atoms with E-state index in [1.54, 1.807) is 32.4 Å². The number of hydrogen-bond acceptors (Lipinski definition) is 5. The molecule has 0 bridgehead atoms. The summed E-state index contributed by atoms with van der Waals surface area (Å²) in [6.45, 7) is 5.05. The minimum absolute atomic E-state index is 0. The quantitative estimate of drug-likeness (QED) is 0.279. The van der Waals surface area contributed by atoms with Crippen molar-refractivity contribution in [1.29, 1.82) is 0 Å². The first-order valence-electron chi connectivity index (χ1n) is 6.28. The van der Waals surface area contributed by atoms with Crippen molar-refractivity contribution in [2.75, 3.05) is 0 Å². The van der Waals surface area contributed by atoms with E-state index in [1.165, 1.54) is 6.08 Å². The summed E-state index contributed by atoms with van der Waals surface area (Å²) in [5.41, 5.74) is 6.29. The number of carbonyl (C=O) groups excluding carboxylic acids is 1. The Morgan fingerprint density at radius 3 is 2.64 bits per heavy atom. The van der Waals surface area contributed by atoms with Gasteiger partial charge in [-0.2, -0.15) is 0 Å². The molecule has 120 valence electrons. The normalized spacial score (nSPS) is 13.4. The number of aromatic nitrogens is 2. The fourth-order valence-corrected chi connectivity index (χ4v) is 1.86. The topological polar surface area (TPSA) is 104 Å². The summed E-state index contributed by atoms with van der Waals surface area (Å²) in [7, 11) is 1.66. The van der Waals surface area contributed by atoms with Gasteiger partial charge in [-0.25, -0.2) is 0 Å². The Morgan fingerprint density at radius 2 is 2.18 bits per heavy atom. The lowest BCUT2D eigenvalue weighted by molar-refractivity contribution is -0.390. The number of aldehydes is 1. The third-order valence-corrected chi connectivity index (χ3v) is 3.36. The van der Waals surface area contributed by atoms with Gasteiger partial charge in [0.1, 0.15) is 12.0 Å². The second kappa shape index (κ2) is 7.87. The number of allylic oxidation sites excluding steroid dienone is 1. The van der Waals surface area contributed by atoms with Crippen molar-refractivity contribution in [3.63, 3.8) is 0 Å². The average molecular weight is 371 g/mol. The Balaban J connectivity index is 0.00000441. The van der Waals surface area contributed by atoms with Crippen LogP contribution in [0.1, 0.15) is 32.3 Å². The lowest BCUT2D eigenvalue weighted by Gasteiger charge is -2.25. The van der Waals surface area contributed by atoms with Gasteiger partial charge < -0.3 is 15.8 Å². The molecular formula is C14H19BrN4O3. The van der Waals surface area contributed by atoms with Crippen LogP contribution in [0.25, 0.3) is 0 Å². The molecular weight excluding hydrogens is 352 g/mol. The smallest absolute Gasteiger partial charge is 0.358 e. The largest absolute Gasteiger partial charge is 0.386 e. The first-order chi connectivity index (χ1) is 9.74. The number of rotatable bonds is 5. The van der Waals surface area contributed by atoms with Crippen LogP contribution in [-0.4, -0.2) is 26.3 Å². The van der Waals surface area contributed by atoms with Crippen LogP contribution in [0.4, 0.5) is 5.82 Å². The molecule has 1 unspecified atom stereocenters. The van der Waals surface area contributed by atoms with Crippen LogP contribution in [0.15, 0.2) is 11.6 Å². The molecule has 0 radical (unpaired) electrons. The van der Waals surface area contributed by atoms with Crippen molar-refractivity contribution >= 4 is 29.1 Å². The minimum atomic E-state index is -0.892. The molecule has 2 N–H and O–H groups in total. The summed E-state index contributed by atoms with van der Waals surface area (Å²) in [5.74, 6) is 5.44. The van der Waals surface area contributed by atoms with Crippen LogP contribution in [0, 0.1) is 22.0 Å². The number of nitrogens with zero attached hydrogens (tertiary/aromatic N) is 3. The van der Waals surface area contributed by atoms with Gasteiger partial charge in [0.05, 0.1) is 0 Å². The molecule has 22 heavy (non-hydrogen) atoms. The zero-order valence-corrected chi connectivity index (χ0v) is 14.6. The Hall–Kier alpha value is -1.98. The standard InChI is InChI=1S/C14H18N4O3.BrH/c1-5-6-12-16-13(18(20)21)11(17(12)4)9-14(3,15)10(2)7-8-19;/h7-8H,9,15H2,1-4H3;1H. The average Bonchev–Trinajstić information content (AvgIpc) is 2.68. The van der Waals surface area contributed by atoms with Crippen LogP contribution in [-0.2, 0) is 18.3 Å². The molecule has 1 heterocycles. The summed E-state index contributed by atoms with van der Waals surface area (Å²) in [6.07, 6.45) is 2.18. The van der Waals surface area contributed by atoms with E-state index in [-0.39, 0.29) is 29.2 Å². The van der Waals surface area contributed by atoms with Crippen LogP contribution >= 0.6 is 17.0 Å². The molecule has 1 aromatic rings. The summed E-state index contributed by atoms with van der Waals surface area (Å²) in [5, 5.41) is 11.1. The van der Waals surface area contributed by atoms with Crippen molar-refractivity contribution < 1.29 is 9.72 Å². The van der Waals surface area contributed by atoms with Gasteiger partial charge in [-0.3, -0.25) is 9.36 Å². The van der Waals surface area contributed by atoms with E-state index in [0.717, 1.165) is 0 Å². The van der Waals surface area contributed by atoms with Gasteiger partial charge in [-0.05, 0) is 42.7 Å². The Morgan fingerprint density at radius 1 is 1.59 bits per heavy atom. The van der Waals surface area contributed by atoms with Gasteiger partial charge in [-0.15, -0.1) is 17.0 Å². The van der Waals surface area contributed by atoms with Crippen molar-refractivity contribution in [3.05, 3.63) is 33.3 Å². The maximum Gasteiger partial charge on any atom is 0.386 e. The number of carbonyl (C=O) groups is 1. The SMILES string of the molecule is Br.CC#Cc1nc([N+](=O)[O-])c(CC(C)(N)C(C)=CC=O)n1C. The highest BCUT2D eigenvalue weighted by Gasteiger charge is 2.31. The molecule has 1 aromatic heterocycles. The highest BCUT2D eigenvalue weighted by Crippen LogP contribution is 2.25. The van der Waals surface area contributed by atoms with Gasteiger partial charge in [0.25, 0.3) is 5.82 Å². The Bertz CT molecular complexity index is 666. The second-order valence-corrected chi connectivity index (χ2v) is 4.98. The van der Waals surface area contributed by atoms with E-state index in [0.29, 0.717) is 23.4 Å². The predicted molar refractivity (Wildman–Crippen MR) is 88.9 cm³/mol. The third kappa shape index (κ3) is 4.26. The summed E-state index contributed by atoms with van der Waals surface area (Å²) < 4.78 is 1.56. The molecule has 1 atom stereocenters. The van der Waals surface area contributed by atoms with Crippen LogP contribution in [0.2, 0.25) is 0 Å². The Kier molecular flexibility index (Phi) is 7.16. The van der Waals surface area contributed by atoms with Crippen molar-refractivity contribution in [2.24, 2.45) is 12.8 Å². The van der Waals surface area contributed by atoms with E-state index in [9.17, 15) is 14.9 Å².